The van der Waals surface area contributed by atoms with Crippen LogP contribution in [-0.2, 0) is 4.74 Å². The first kappa shape index (κ1) is 13.0. The van der Waals surface area contributed by atoms with Crippen molar-refractivity contribution in [3.8, 4) is 0 Å². The Morgan fingerprint density at radius 3 is 2.71 bits per heavy atom. The molecule has 1 aromatic heterocycles. The highest BCUT2D eigenvalue weighted by molar-refractivity contribution is 7.10. The maximum Gasteiger partial charge on any atom is 0.0897 e. The summed E-state index contributed by atoms with van der Waals surface area (Å²) in [5.74, 6) is 5.80. The van der Waals surface area contributed by atoms with Crippen molar-refractivity contribution in [1.82, 2.24) is 5.43 Å². The molecule has 2 rings (SSSR count). The van der Waals surface area contributed by atoms with E-state index in [1.165, 1.54) is 23.3 Å². The highest BCUT2D eigenvalue weighted by Crippen LogP contribution is 2.44. The van der Waals surface area contributed by atoms with Gasteiger partial charge in [-0.2, -0.15) is 0 Å². The molecule has 1 aromatic rings. The normalized spacial score (nSPS) is 20.6. The molecule has 0 spiro atoms. The van der Waals surface area contributed by atoms with Gasteiger partial charge in [0, 0.05) is 11.5 Å². The van der Waals surface area contributed by atoms with Crippen molar-refractivity contribution < 1.29 is 4.74 Å². The van der Waals surface area contributed by atoms with Crippen LogP contribution in [0, 0.1) is 6.92 Å². The van der Waals surface area contributed by atoms with Gasteiger partial charge in [-0.15, -0.1) is 11.3 Å². The van der Waals surface area contributed by atoms with Crippen molar-refractivity contribution in [1.29, 1.82) is 0 Å². The summed E-state index contributed by atoms with van der Waals surface area (Å²) >= 11 is 1.77. The van der Waals surface area contributed by atoms with Crippen LogP contribution in [0.15, 0.2) is 11.4 Å². The SMILES string of the molecule is CCOC1(C(NN)c2sccc2C)CCCC1. The molecule has 0 aromatic carbocycles. The summed E-state index contributed by atoms with van der Waals surface area (Å²) < 4.78 is 6.09. The fourth-order valence-corrected chi connectivity index (χ4v) is 4.02. The molecule has 0 aliphatic heterocycles. The summed E-state index contributed by atoms with van der Waals surface area (Å²) in [6, 6.07) is 2.28. The second-order valence-corrected chi connectivity index (χ2v) is 5.72. The zero-order chi connectivity index (χ0) is 12.3. The molecular weight excluding hydrogens is 232 g/mol. The maximum atomic E-state index is 6.09. The van der Waals surface area contributed by atoms with E-state index in [9.17, 15) is 0 Å². The summed E-state index contributed by atoms with van der Waals surface area (Å²) in [5, 5.41) is 2.13. The zero-order valence-electron chi connectivity index (χ0n) is 10.7. The van der Waals surface area contributed by atoms with Gasteiger partial charge >= 0.3 is 0 Å². The first-order valence-electron chi connectivity index (χ1n) is 6.37. The molecular formula is C13H22N2OS. The summed E-state index contributed by atoms with van der Waals surface area (Å²) in [5.41, 5.74) is 4.21. The number of thiophene rings is 1. The molecule has 4 heteroatoms. The lowest BCUT2D eigenvalue weighted by Gasteiger charge is -2.37. The van der Waals surface area contributed by atoms with Gasteiger partial charge in [-0.1, -0.05) is 12.8 Å². The van der Waals surface area contributed by atoms with E-state index in [4.69, 9.17) is 10.6 Å². The third-order valence-corrected chi connectivity index (χ3v) is 4.82. The maximum absolute atomic E-state index is 6.09. The molecule has 1 aliphatic carbocycles. The third kappa shape index (κ3) is 2.40. The van der Waals surface area contributed by atoms with Crippen LogP contribution in [0.4, 0.5) is 0 Å². The van der Waals surface area contributed by atoms with Gasteiger partial charge in [0.1, 0.15) is 0 Å². The molecule has 0 radical (unpaired) electrons. The van der Waals surface area contributed by atoms with Crippen LogP contribution in [0.2, 0.25) is 0 Å². The highest BCUT2D eigenvalue weighted by atomic mass is 32.1. The van der Waals surface area contributed by atoms with Gasteiger partial charge in [0.05, 0.1) is 11.6 Å². The molecule has 96 valence electrons. The predicted octanol–water partition coefficient (Wildman–Crippen LogP) is 2.91. The van der Waals surface area contributed by atoms with Crippen molar-refractivity contribution in [3.05, 3.63) is 21.9 Å². The minimum atomic E-state index is -0.0981. The first-order chi connectivity index (χ1) is 8.23. The zero-order valence-corrected chi connectivity index (χ0v) is 11.5. The Kier molecular flexibility index (Phi) is 4.20. The van der Waals surface area contributed by atoms with Gasteiger partial charge < -0.3 is 4.74 Å². The van der Waals surface area contributed by atoms with Gasteiger partial charge in [0.2, 0.25) is 0 Å². The number of nitrogens with one attached hydrogen (secondary N) is 1. The summed E-state index contributed by atoms with van der Waals surface area (Å²) in [6.45, 7) is 4.96. The quantitative estimate of drug-likeness (QED) is 0.627. The van der Waals surface area contributed by atoms with Crippen molar-refractivity contribution in [3.63, 3.8) is 0 Å². The van der Waals surface area contributed by atoms with Crippen LogP contribution in [0.1, 0.15) is 49.1 Å². The van der Waals surface area contributed by atoms with Crippen LogP contribution < -0.4 is 11.3 Å². The lowest BCUT2D eigenvalue weighted by molar-refractivity contribution is -0.0620. The lowest BCUT2D eigenvalue weighted by Crippen LogP contribution is -2.46. The molecule has 0 amide bonds. The summed E-state index contributed by atoms with van der Waals surface area (Å²) in [7, 11) is 0. The number of hydrogen-bond donors (Lipinski definition) is 2. The monoisotopic (exact) mass is 254 g/mol. The Bertz CT molecular complexity index is 358. The van der Waals surface area contributed by atoms with Gasteiger partial charge in [-0.25, -0.2) is 5.43 Å². The van der Waals surface area contributed by atoms with E-state index in [1.807, 2.05) is 0 Å². The van der Waals surface area contributed by atoms with E-state index in [1.54, 1.807) is 11.3 Å². The molecule has 0 saturated heterocycles. The van der Waals surface area contributed by atoms with Gasteiger partial charge in [-0.3, -0.25) is 5.84 Å². The fourth-order valence-electron chi connectivity index (χ4n) is 2.92. The molecule has 1 atom stereocenters. The average Bonchev–Trinajstić information content (AvgIpc) is 2.92. The first-order valence-corrected chi connectivity index (χ1v) is 7.25. The smallest absolute Gasteiger partial charge is 0.0897 e. The van der Waals surface area contributed by atoms with E-state index in [-0.39, 0.29) is 11.6 Å². The van der Waals surface area contributed by atoms with Crippen molar-refractivity contribution in [2.24, 2.45) is 5.84 Å². The topological polar surface area (TPSA) is 47.3 Å². The molecule has 0 bridgehead atoms. The number of aryl methyl sites for hydroxylation is 1. The Hall–Kier alpha value is -0.420. The summed E-state index contributed by atoms with van der Waals surface area (Å²) in [4.78, 5) is 1.32. The predicted molar refractivity (Wildman–Crippen MR) is 71.9 cm³/mol. The van der Waals surface area contributed by atoms with Crippen molar-refractivity contribution >= 4 is 11.3 Å². The number of ether oxygens (including phenoxy) is 1. The van der Waals surface area contributed by atoms with Crippen LogP contribution in [0.25, 0.3) is 0 Å². The second kappa shape index (κ2) is 5.48. The van der Waals surface area contributed by atoms with Crippen LogP contribution >= 0.6 is 11.3 Å². The summed E-state index contributed by atoms with van der Waals surface area (Å²) in [6.07, 6.45) is 4.69. The Labute approximate surface area is 107 Å². The molecule has 1 aliphatic rings. The number of rotatable bonds is 5. The molecule has 1 fully saturated rings. The molecule has 17 heavy (non-hydrogen) atoms. The van der Waals surface area contributed by atoms with Gasteiger partial charge in [0.15, 0.2) is 0 Å². The van der Waals surface area contributed by atoms with Crippen LogP contribution in [-0.4, -0.2) is 12.2 Å². The number of nitrogens with two attached hydrogens (primary N) is 1. The van der Waals surface area contributed by atoms with Gasteiger partial charge in [-0.05, 0) is 43.7 Å². The molecule has 3 N–H and O–H groups in total. The van der Waals surface area contributed by atoms with Gasteiger partial charge in [0.25, 0.3) is 0 Å². The standard InChI is InChI=1S/C13H22N2OS/c1-3-16-13(7-4-5-8-13)12(15-14)11-10(2)6-9-17-11/h6,9,12,15H,3-5,7-8,14H2,1-2H3. The minimum Gasteiger partial charge on any atom is -0.373 e. The highest BCUT2D eigenvalue weighted by Gasteiger charge is 2.43. The fraction of sp³-hybridized carbons (Fsp3) is 0.692. The second-order valence-electron chi connectivity index (χ2n) is 4.77. The van der Waals surface area contributed by atoms with E-state index in [0.29, 0.717) is 0 Å². The number of hydrogen-bond acceptors (Lipinski definition) is 4. The van der Waals surface area contributed by atoms with E-state index < -0.39 is 0 Å². The van der Waals surface area contributed by atoms with Crippen molar-refractivity contribution in [2.75, 3.05) is 6.61 Å². The van der Waals surface area contributed by atoms with Crippen molar-refractivity contribution in [2.45, 2.75) is 51.2 Å². The Morgan fingerprint density at radius 2 is 2.24 bits per heavy atom. The average molecular weight is 254 g/mol. The Morgan fingerprint density at radius 1 is 1.53 bits per heavy atom. The molecule has 1 heterocycles. The minimum absolute atomic E-state index is 0.0981. The van der Waals surface area contributed by atoms with Crippen LogP contribution in [0.3, 0.4) is 0 Å². The van der Waals surface area contributed by atoms with E-state index in [0.717, 1.165) is 19.4 Å². The molecule has 1 unspecified atom stereocenters. The van der Waals surface area contributed by atoms with E-state index in [2.05, 4.69) is 30.7 Å². The Balaban J connectivity index is 2.29. The number of hydrazine groups is 1. The third-order valence-electron chi connectivity index (χ3n) is 3.74. The molecule has 3 nitrogen and oxygen atoms in total. The van der Waals surface area contributed by atoms with E-state index >= 15 is 0 Å². The van der Waals surface area contributed by atoms with Crippen LogP contribution in [0.5, 0.6) is 0 Å². The largest absolute Gasteiger partial charge is 0.373 e. The lowest BCUT2D eigenvalue weighted by atomic mass is 9.90. The molecule has 1 saturated carbocycles.